The van der Waals surface area contributed by atoms with Crippen molar-refractivity contribution >= 4 is 28.4 Å². The number of carbonyl (C=O) groups is 1. The number of para-hydroxylation sites is 1. The van der Waals surface area contributed by atoms with Crippen LogP contribution in [0.3, 0.4) is 0 Å². The van der Waals surface area contributed by atoms with E-state index < -0.39 is 11.2 Å². The van der Waals surface area contributed by atoms with Gasteiger partial charge < -0.3 is 9.73 Å². The highest BCUT2D eigenvalue weighted by Gasteiger charge is 2.16. The van der Waals surface area contributed by atoms with Gasteiger partial charge in [-0.2, -0.15) is 0 Å². The Kier molecular flexibility index (Phi) is 5.54. The molecule has 0 spiro atoms. The SMILES string of the molecule is O=C(Cn1c(=O)n(Cc2ccco2)c(=O)c2ccccc21)NCc1ccccc1Cl. The Bertz CT molecular complexity index is 1320. The maximum Gasteiger partial charge on any atom is 0.332 e. The Morgan fingerprint density at radius 2 is 1.73 bits per heavy atom. The van der Waals surface area contributed by atoms with Crippen LogP contribution in [0.2, 0.25) is 5.02 Å². The molecule has 2 aromatic heterocycles. The third-order valence-electron chi connectivity index (χ3n) is 4.76. The van der Waals surface area contributed by atoms with Gasteiger partial charge in [0.1, 0.15) is 12.3 Å². The molecule has 30 heavy (non-hydrogen) atoms. The fourth-order valence-corrected chi connectivity index (χ4v) is 3.46. The molecule has 0 unspecified atom stereocenters. The van der Waals surface area contributed by atoms with E-state index in [9.17, 15) is 14.4 Å². The predicted octanol–water partition coefficient (Wildman–Crippen LogP) is 2.77. The smallest absolute Gasteiger partial charge is 0.332 e. The number of nitrogens with zero attached hydrogens (tertiary/aromatic N) is 2. The fourth-order valence-electron chi connectivity index (χ4n) is 3.26. The molecule has 2 heterocycles. The summed E-state index contributed by atoms with van der Waals surface area (Å²) in [6.45, 7) is -0.0177. The number of furan rings is 1. The summed E-state index contributed by atoms with van der Waals surface area (Å²) in [5.74, 6) is 0.101. The van der Waals surface area contributed by atoms with Gasteiger partial charge in [-0.1, -0.05) is 41.9 Å². The van der Waals surface area contributed by atoms with Gasteiger partial charge in [0.2, 0.25) is 5.91 Å². The zero-order chi connectivity index (χ0) is 21.1. The molecule has 7 nitrogen and oxygen atoms in total. The molecule has 0 saturated carbocycles. The van der Waals surface area contributed by atoms with Crippen LogP contribution in [0.15, 0.2) is 80.9 Å². The number of carbonyl (C=O) groups excluding carboxylic acids is 1. The second-order valence-corrected chi connectivity index (χ2v) is 7.13. The van der Waals surface area contributed by atoms with Gasteiger partial charge in [-0.15, -0.1) is 0 Å². The maximum absolute atomic E-state index is 13.1. The number of hydrogen-bond donors (Lipinski definition) is 1. The van der Waals surface area contributed by atoms with Crippen molar-refractivity contribution in [1.82, 2.24) is 14.5 Å². The zero-order valence-corrected chi connectivity index (χ0v) is 16.6. The third-order valence-corrected chi connectivity index (χ3v) is 5.13. The topological polar surface area (TPSA) is 86.2 Å². The van der Waals surface area contributed by atoms with E-state index in [2.05, 4.69) is 5.32 Å². The Hall–Kier alpha value is -3.58. The molecular weight excluding hydrogens is 406 g/mol. The highest BCUT2D eigenvalue weighted by molar-refractivity contribution is 6.31. The van der Waals surface area contributed by atoms with Crippen LogP contribution < -0.4 is 16.6 Å². The molecule has 0 radical (unpaired) electrons. The molecule has 0 atom stereocenters. The van der Waals surface area contributed by atoms with Gasteiger partial charge in [-0.3, -0.25) is 18.7 Å². The van der Waals surface area contributed by atoms with Crippen LogP contribution >= 0.6 is 11.6 Å². The first kappa shape index (κ1) is 19.7. The van der Waals surface area contributed by atoms with Crippen LogP contribution in [-0.2, 0) is 24.4 Å². The van der Waals surface area contributed by atoms with E-state index in [1.54, 1.807) is 42.5 Å². The van der Waals surface area contributed by atoms with E-state index >= 15 is 0 Å². The molecule has 1 amide bonds. The fraction of sp³-hybridized carbons (Fsp3) is 0.136. The number of fused-ring (bicyclic) bond motifs is 1. The number of benzene rings is 2. The van der Waals surface area contributed by atoms with Gasteiger partial charge in [-0.25, -0.2) is 4.79 Å². The van der Waals surface area contributed by atoms with Crippen molar-refractivity contribution in [3.8, 4) is 0 Å². The summed E-state index contributed by atoms with van der Waals surface area (Å²) in [5.41, 5.74) is 0.159. The summed E-state index contributed by atoms with van der Waals surface area (Å²) in [6.07, 6.45) is 1.47. The normalized spacial score (nSPS) is 11.0. The monoisotopic (exact) mass is 423 g/mol. The summed E-state index contributed by atoms with van der Waals surface area (Å²) >= 11 is 6.12. The number of rotatable bonds is 6. The predicted molar refractivity (Wildman–Crippen MR) is 114 cm³/mol. The van der Waals surface area contributed by atoms with E-state index in [0.717, 1.165) is 10.1 Å². The Balaban J connectivity index is 1.67. The molecule has 0 bridgehead atoms. The summed E-state index contributed by atoms with van der Waals surface area (Å²) < 4.78 is 7.64. The van der Waals surface area contributed by atoms with Crippen LogP contribution in [0, 0.1) is 0 Å². The summed E-state index contributed by atoms with van der Waals surface area (Å²) in [6, 6.07) is 17.3. The number of amides is 1. The molecule has 4 aromatic rings. The average molecular weight is 424 g/mol. The first-order valence-corrected chi connectivity index (χ1v) is 9.67. The van der Waals surface area contributed by atoms with Crippen molar-refractivity contribution in [2.75, 3.05) is 0 Å². The van der Waals surface area contributed by atoms with Gasteiger partial charge in [0.15, 0.2) is 0 Å². The molecule has 0 aliphatic carbocycles. The molecule has 4 rings (SSSR count). The zero-order valence-electron chi connectivity index (χ0n) is 15.9. The molecule has 0 aliphatic rings. The standard InChI is InChI=1S/C22H18ClN3O4/c23-18-9-3-1-6-15(18)12-24-20(27)14-25-19-10-4-2-8-17(19)21(28)26(22(25)29)13-16-7-5-11-30-16/h1-11H,12-14H2,(H,24,27). The first-order chi connectivity index (χ1) is 14.5. The molecule has 2 aromatic carbocycles. The van der Waals surface area contributed by atoms with Crippen LogP contribution in [-0.4, -0.2) is 15.0 Å². The maximum atomic E-state index is 13.1. The number of hydrogen-bond acceptors (Lipinski definition) is 4. The van der Waals surface area contributed by atoms with Crippen molar-refractivity contribution in [3.05, 3.63) is 104 Å². The van der Waals surface area contributed by atoms with Gasteiger partial charge in [0.05, 0.1) is 23.7 Å². The largest absolute Gasteiger partial charge is 0.467 e. The lowest BCUT2D eigenvalue weighted by molar-refractivity contribution is -0.121. The number of aromatic nitrogens is 2. The van der Waals surface area contributed by atoms with Crippen molar-refractivity contribution in [2.45, 2.75) is 19.6 Å². The summed E-state index contributed by atoms with van der Waals surface area (Å²) in [5, 5.41) is 3.67. The van der Waals surface area contributed by atoms with Gasteiger partial charge in [0.25, 0.3) is 5.56 Å². The lowest BCUT2D eigenvalue weighted by Gasteiger charge is -2.14. The van der Waals surface area contributed by atoms with Gasteiger partial charge in [0, 0.05) is 11.6 Å². The van der Waals surface area contributed by atoms with Crippen molar-refractivity contribution in [2.24, 2.45) is 0 Å². The van der Waals surface area contributed by atoms with Crippen molar-refractivity contribution in [1.29, 1.82) is 0 Å². The van der Waals surface area contributed by atoms with Crippen LogP contribution in [0.25, 0.3) is 10.9 Å². The Morgan fingerprint density at radius 1 is 0.967 bits per heavy atom. The third kappa shape index (κ3) is 3.92. The van der Waals surface area contributed by atoms with E-state index in [1.807, 2.05) is 18.2 Å². The molecule has 0 aliphatic heterocycles. The summed E-state index contributed by atoms with van der Waals surface area (Å²) in [4.78, 5) is 38.5. The number of nitrogens with one attached hydrogen (secondary N) is 1. The minimum Gasteiger partial charge on any atom is -0.467 e. The Labute approximate surface area is 176 Å². The van der Waals surface area contributed by atoms with Crippen LogP contribution in [0.4, 0.5) is 0 Å². The van der Waals surface area contributed by atoms with Gasteiger partial charge in [-0.05, 0) is 35.9 Å². The second-order valence-electron chi connectivity index (χ2n) is 6.72. The molecule has 0 fully saturated rings. The van der Waals surface area contributed by atoms with Crippen molar-refractivity contribution in [3.63, 3.8) is 0 Å². The van der Waals surface area contributed by atoms with Crippen LogP contribution in [0.1, 0.15) is 11.3 Å². The molecule has 1 N–H and O–H groups in total. The molecular formula is C22H18ClN3O4. The van der Waals surface area contributed by atoms with Gasteiger partial charge >= 0.3 is 5.69 Å². The lowest BCUT2D eigenvalue weighted by atomic mass is 10.2. The van der Waals surface area contributed by atoms with E-state index in [0.29, 0.717) is 21.7 Å². The quantitative estimate of drug-likeness (QED) is 0.516. The minimum atomic E-state index is -0.581. The second kappa shape index (κ2) is 8.42. The minimum absolute atomic E-state index is 0.0171. The van der Waals surface area contributed by atoms with E-state index in [1.165, 1.54) is 10.8 Å². The van der Waals surface area contributed by atoms with Crippen molar-refractivity contribution < 1.29 is 9.21 Å². The number of halogens is 1. The highest BCUT2D eigenvalue weighted by atomic mass is 35.5. The highest BCUT2D eigenvalue weighted by Crippen LogP contribution is 2.14. The van der Waals surface area contributed by atoms with E-state index in [-0.39, 0.29) is 25.5 Å². The molecule has 8 heteroatoms. The molecule has 0 saturated heterocycles. The molecule has 152 valence electrons. The van der Waals surface area contributed by atoms with Crippen LogP contribution in [0.5, 0.6) is 0 Å². The lowest BCUT2D eigenvalue weighted by Crippen LogP contribution is -2.42. The summed E-state index contributed by atoms with van der Waals surface area (Å²) in [7, 11) is 0. The van der Waals surface area contributed by atoms with E-state index in [4.69, 9.17) is 16.0 Å². The first-order valence-electron chi connectivity index (χ1n) is 9.29. The Morgan fingerprint density at radius 3 is 2.50 bits per heavy atom. The average Bonchev–Trinajstić information content (AvgIpc) is 3.27.